The van der Waals surface area contributed by atoms with Crippen LogP contribution in [-0.4, -0.2) is 18.6 Å². The van der Waals surface area contributed by atoms with Crippen LogP contribution in [0.1, 0.15) is 36.0 Å². The highest BCUT2D eigenvalue weighted by Crippen LogP contribution is 2.37. The number of thiophene rings is 2. The number of primary amides is 1. The lowest BCUT2D eigenvalue weighted by molar-refractivity contribution is 0.100. The molecule has 1 aliphatic heterocycles. The van der Waals surface area contributed by atoms with E-state index in [1.54, 1.807) is 12.1 Å². The summed E-state index contributed by atoms with van der Waals surface area (Å²) < 4.78 is 10.8. The Labute approximate surface area is 163 Å². The van der Waals surface area contributed by atoms with E-state index in [0.717, 1.165) is 21.8 Å². The Bertz CT molecular complexity index is 1020. The molecule has 1 aliphatic rings. The van der Waals surface area contributed by atoms with Gasteiger partial charge in [-0.05, 0) is 41.6 Å². The van der Waals surface area contributed by atoms with Gasteiger partial charge in [0.1, 0.15) is 5.00 Å². The molecule has 0 unspecified atom stereocenters. The average molecular weight is 400 g/mol. The van der Waals surface area contributed by atoms with Crippen LogP contribution in [0.4, 0.5) is 5.00 Å². The van der Waals surface area contributed by atoms with Crippen LogP contribution in [0.15, 0.2) is 35.7 Å². The van der Waals surface area contributed by atoms with Crippen molar-refractivity contribution in [1.82, 2.24) is 0 Å². The van der Waals surface area contributed by atoms with Crippen LogP contribution < -0.4 is 20.5 Å². The van der Waals surface area contributed by atoms with Gasteiger partial charge in [-0.25, -0.2) is 0 Å². The first-order valence-electron chi connectivity index (χ1n) is 8.18. The van der Waals surface area contributed by atoms with Crippen LogP contribution in [0.5, 0.6) is 11.5 Å². The monoisotopic (exact) mass is 400 g/mol. The Balaban J connectivity index is 1.63. The minimum absolute atomic E-state index is 0.224. The number of amides is 2. The Kier molecular flexibility index (Phi) is 4.59. The van der Waals surface area contributed by atoms with Gasteiger partial charge < -0.3 is 20.5 Å². The third-order valence-electron chi connectivity index (χ3n) is 4.27. The number of fused-ring (bicyclic) bond motifs is 1. The number of rotatable bonds is 5. The first-order chi connectivity index (χ1) is 13.0. The Hall–Kier alpha value is -2.84. The summed E-state index contributed by atoms with van der Waals surface area (Å²) in [6.07, 6.45) is 0.599. The number of nitrogens with one attached hydrogen (secondary N) is 1. The minimum Gasteiger partial charge on any atom is -0.454 e. The van der Waals surface area contributed by atoms with Gasteiger partial charge in [-0.3, -0.25) is 9.59 Å². The molecule has 0 aliphatic carbocycles. The highest BCUT2D eigenvalue weighted by atomic mass is 32.1. The second-order valence-corrected chi connectivity index (χ2v) is 8.07. The van der Waals surface area contributed by atoms with Gasteiger partial charge in [-0.2, -0.15) is 0 Å². The van der Waals surface area contributed by atoms with Crippen molar-refractivity contribution in [2.75, 3.05) is 12.1 Å². The number of carbonyl (C=O) groups is 2. The summed E-state index contributed by atoms with van der Waals surface area (Å²) >= 11 is 2.71. The molecule has 2 amide bonds. The summed E-state index contributed by atoms with van der Waals surface area (Å²) in [5.74, 6) is 0.636. The first kappa shape index (κ1) is 17.6. The molecule has 3 heterocycles. The van der Waals surface area contributed by atoms with Crippen LogP contribution in [0, 0.1) is 6.92 Å². The predicted molar refractivity (Wildman–Crippen MR) is 105 cm³/mol. The SMILES string of the molecule is Cc1c(Cc2ccc3c(c2)OCO3)sc(NC(=O)c2cccs2)c1C(N)=O. The molecule has 0 fully saturated rings. The Morgan fingerprint density at radius 2 is 2.04 bits per heavy atom. The standard InChI is InChI=1S/C19H16N2O4S2/c1-10-15(8-11-4-5-12-13(7-11)25-9-24-12)27-19(16(10)17(20)22)21-18(23)14-3-2-6-26-14/h2-7H,8-9H2,1H3,(H2,20,22)(H,21,23). The summed E-state index contributed by atoms with van der Waals surface area (Å²) in [7, 11) is 0. The van der Waals surface area contributed by atoms with Crippen LogP contribution in [0.25, 0.3) is 0 Å². The maximum Gasteiger partial charge on any atom is 0.266 e. The van der Waals surface area contributed by atoms with E-state index >= 15 is 0 Å². The molecule has 3 N–H and O–H groups in total. The lowest BCUT2D eigenvalue weighted by Crippen LogP contribution is -2.16. The maximum atomic E-state index is 12.4. The van der Waals surface area contributed by atoms with Crippen LogP contribution in [0.3, 0.4) is 0 Å². The number of benzene rings is 1. The smallest absolute Gasteiger partial charge is 0.266 e. The summed E-state index contributed by atoms with van der Waals surface area (Å²) in [6, 6.07) is 9.29. The zero-order chi connectivity index (χ0) is 19.0. The van der Waals surface area contributed by atoms with E-state index in [2.05, 4.69) is 5.32 Å². The highest BCUT2D eigenvalue weighted by Gasteiger charge is 2.22. The van der Waals surface area contributed by atoms with Crippen molar-refractivity contribution < 1.29 is 19.1 Å². The zero-order valence-electron chi connectivity index (χ0n) is 14.4. The topological polar surface area (TPSA) is 90.7 Å². The fourth-order valence-corrected chi connectivity index (χ4v) is 4.78. The first-order valence-corrected chi connectivity index (χ1v) is 9.88. The molecule has 0 spiro atoms. The van der Waals surface area contributed by atoms with Gasteiger partial charge >= 0.3 is 0 Å². The van der Waals surface area contributed by atoms with E-state index in [1.807, 2.05) is 30.5 Å². The number of anilines is 1. The Morgan fingerprint density at radius 1 is 1.22 bits per heavy atom. The molecule has 0 saturated heterocycles. The third-order valence-corrected chi connectivity index (χ3v) is 6.34. The largest absolute Gasteiger partial charge is 0.454 e. The van der Waals surface area contributed by atoms with Crippen molar-refractivity contribution in [1.29, 1.82) is 0 Å². The van der Waals surface area contributed by atoms with Gasteiger partial charge in [0.2, 0.25) is 6.79 Å². The molecule has 0 radical (unpaired) electrons. The number of hydrogen-bond acceptors (Lipinski definition) is 6. The normalized spacial score (nSPS) is 12.2. The van der Waals surface area contributed by atoms with E-state index in [9.17, 15) is 9.59 Å². The fourth-order valence-electron chi connectivity index (χ4n) is 2.92. The molecule has 3 aromatic rings. The van der Waals surface area contributed by atoms with Gasteiger partial charge in [0, 0.05) is 11.3 Å². The van der Waals surface area contributed by atoms with E-state index < -0.39 is 5.91 Å². The maximum absolute atomic E-state index is 12.4. The van der Waals surface area contributed by atoms with Crippen LogP contribution in [-0.2, 0) is 6.42 Å². The van der Waals surface area contributed by atoms with Crippen LogP contribution >= 0.6 is 22.7 Å². The summed E-state index contributed by atoms with van der Waals surface area (Å²) in [5, 5.41) is 5.14. The quantitative estimate of drug-likeness (QED) is 0.682. The second kappa shape index (κ2) is 7.05. The molecule has 138 valence electrons. The molecule has 0 atom stereocenters. The van der Waals surface area contributed by atoms with E-state index in [-0.39, 0.29) is 12.7 Å². The fraction of sp³-hybridized carbons (Fsp3) is 0.158. The van der Waals surface area contributed by atoms with E-state index in [0.29, 0.717) is 27.6 Å². The van der Waals surface area contributed by atoms with E-state index in [1.165, 1.54) is 22.7 Å². The van der Waals surface area contributed by atoms with Gasteiger partial charge in [0.05, 0.1) is 10.4 Å². The van der Waals surface area contributed by atoms with Gasteiger partial charge in [-0.1, -0.05) is 12.1 Å². The molecule has 27 heavy (non-hydrogen) atoms. The molecule has 0 bridgehead atoms. The number of carbonyl (C=O) groups excluding carboxylic acids is 2. The summed E-state index contributed by atoms with van der Waals surface area (Å²) in [5.41, 5.74) is 7.74. The molecule has 4 rings (SSSR count). The lowest BCUT2D eigenvalue weighted by Gasteiger charge is -2.03. The van der Waals surface area contributed by atoms with Crippen molar-refractivity contribution in [2.24, 2.45) is 5.73 Å². The number of ether oxygens (including phenoxy) is 2. The number of nitrogens with two attached hydrogens (primary N) is 1. The van der Waals surface area contributed by atoms with Gasteiger partial charge in [-0.15, -0.1) is 22.7 Å². The predicted octanol–water partition coefficient (Wildman–Crippen LogP) is 3.79. The van der Waals surface area contributed by atoms with Gasteiger partial charge in [0.15, 0.2) is 11.5 Å². The van der Waals surface area contributed by atoms with Crippen LogP contribution in [0.2, 0.25) is 0 Å². The molecular formula is C19H16N2O4S2. The molecule has 2 aromatic heterocycles. The van der Waals surface area contributed by atoms with Crippen molar-refractivity contribution in [2.45, 2.75) is 13.3 Å². The Morgan fingerprint density at radius 3 is 2.78 bits per heavy atom. The molecule has 8 heteroatoms. The zero-order valence-corrected chi connectivity index (χ0v) is 16.0. The molecule has 6 nitrogen and oxygen atoms in total. The van der Waals surface area contributed by atoms with E-state index in [4.69, 9.17) is 15.2 Å². The summed E-state index contributed by atoms with van der Waals surface area (Å²) in [6.45, 7) is 2.07. The average Bonchev–Trinajstić information content (AvgIpc) is 3.36. The van der Waals surface area contributed by atoms with Gasteiger partial charge in [0.25, 0.3) is 11.8 Å². The third kappa shape index (κ3) is 3.41. The second-order valence-electron chi connectivity index (χ2n) is 6.01. The molecule has 0 saturated carbocycles. The number of hydrogen-bond donors (Lipinski definition) is 2. The van der Waals surface area contributed by atoms with Crippen molar-refractivity contribution in [3.8, 4) is 11.5 Å². The summed E-state index contributed by atoms with van der Waals surface area (Å²) in [4.78, 5) is 25.9. The lowest BCUT2D eigenvalue weighted by atomic mass is 10.1. The molecule has 1 aromatic carbocycles. The van der Waals surface area contributed by atoms with Crippen molar-refractivity contribution in [3.05, 3.63) is 62.2 Å². The molecular weight excluding hydrogens is 384 g/mol. The minimum atomic E-state index is -0.554. The van der Waals surface area contributed by atoms with Crippen molar-refractivity contribution in [3.63, 3.8) is 0 Å². The highest BCUT2D eigenvalue weighted by molar-refractivity contribution is 7.17. The van der Waals surface area contributed by atoms with Crippen molar-refractivity contribution >= 4 is 39.5 Å².